The molecule has 2 heterocycles. The lowest BCUT2D eigenvalue weighted by molar-refractivity contribution is 1.09. The summed E-state index contributed by atoms with van der Waals surface area (Å²) in [5.41, 5.74) is 7.27. The Morgan fingerprint density at radius 3 is 2.67 bits per heavy atom. The van der Waals surface area contributed by atoms with E-state index >= 15 is 0 Å². The molecule has 0 aliphatic heterocycles. The number of hydrogen-bond donors (Lipinski definition) is 3. The number of imidazole rings is 1. The summed E-state index contributed by atoms with van der Waals surface area (Å²) in [4.78, 5) is 11.5. The summed E-state index contributed by atoms with van der Waals surface area (Å²) in [6.07, 6.45) is 0. The van der Waals surface area contributed by atoms with Crippen molar-refractivity contribution in [2.45, 2.75) is 0 Å². The maximum atomic E-state index is 5.42. The summed E-state index contributed by atoms with van der Waals surface area (Å²) >= 11 is 0. The number of benzene rings is 1. The first-order valence-electron chi connectivity index (χ1n) is 4.46. The first kappa shape index (κ1) is 7.98. The van der Waals surface area contributed by atoms with Gasteiger partial charge < -0.3 is 10.7 Å². The van der Waals surface area contributed by atoms with Crippen molar-refractivity contribution in [1.82, 2.24) is 25.1 Å². The lowest BCUT2D eigenvalue weighted by atomic mass is 10.3. The van der Waals surface area contributed by atoms with Crippen LogP contribution in [0.3, 0.4) is 0 Å². The molecule has 0 spiro atoms. The van der Waals surface area contributed by atoms with Crippen LogP contribution in [-0.4, -0.2) is 25.1 Å². The highest BCUT2D eigenvalue weighted by molar-refractivity contribution is 5.78. The Morgan fingerprint density at radius 2 is 1.93 bits per heavy atom. The highest BCUT2D eigenvalue weighted by atomic mass is 15.3. The van der Waals surface area contributed by atoms with Crippen LogP contribution in [0.4, 0.5) is 5.95 Å². The van der Waals surface area contributed by atoms with Gasteiger partial charge in [0.2, 0.25) is 5.95 Å². The van der Waals surface area contributed by atoms with Crippen LogP contribution in [-0.2, 0) is 0 Å². The Bertz CT molecular complexity index is 575. The van der Waals surface area contributed by atoms with Crippen LogP contribution in [0.25, 0.3) is 22.7 Å². The fourth-order valence-corrected chi connectivity index (χ4v) is 1.45. The zero-order valence-corrected chi connectivity index (χ0v) is 7.73. The van der Waals surface area contributed by atoms with Gasteiger partial charge in [-0.1, -0.05) is 12.1 Å². The molecule has 0 saturated carbocycles. The third-order valence-corrected chi connectivity index (χ3v) is 2.12. The number of hydrogen-bond acceptors (Lipinski definition) is 4. The maximum absolute atomic E-state index is 5.42. The van der Waals surface area contributed by atoms with Gasteiger partial charge in [-0.2, -0.15) is 4.98 Å². The van der Waals surface area contributed by atoms with Crippen molar-refractivity contribution < 1.29 is 0 Å². The molecule has 0 fully saturated rings. The van der Waals surface area contributed by atoms with Crippen molar-refractivity contribution in [3.63, 3.8) is 0 Å². The standard InChI is InChI=1S/C9H8N6/c10-9-13-8(14-15-9)7-11-5-3-1-2-4-6(5)12-7/h1-4H,(H,11,12)(H3,10,13,14,15). The second-order valence-electron chi connectivity index (χ2n) is 3.14. The summed E-state index contributed by atoms with van der Waals surface area (Å²) in [7, 11) is 0. The molecule has 0 amide bonds. The van der Waals surface area contributed by atoms with E-state index in [2.05, 4.69) is 25.1 Å². The largest absolute Gasteiger partial charge is 0.366 e. The molecule has 4 N–H and O–H groups in total. The Kier molecular flexibility index (Phi) is 1.49. The second kappa shape index (κ2) is 2.81. The molecule has 0 saturated heterocycles. The van der Waals surface area contributed by atoms with Crippen LogP contribution in [0.2, 0.25) is 0 Å². The molecule has 0 unspecified atom stereocenters. The van der Waals surface area contributed by atoms with Crippen LogP contribution < -0.4 is 5.73 Å². The maximum Gasteiger partial charge on any atom is 0.239 e. The molecule has 0 bridgehead atoms. The van der Waals surface area contributed by atoms with E-state index in [9.17, 15) is 0 Å². The SMILES string of the molecule is Nc1n[nH]c(-c2nc3ccccc3[nH]2)n1. The number of rotatable bonds is 1. The zero-order valence-electron chi connectivity index (χ0n) is 7.73. The van der Waals surface area contributed by atoms with Gasteiger partial charge in [0.1, 0.15) is 0 Å². The molecule has 2 aromatic heterocycles. The van der Waals surface area contributed by atoms with Crippen molar-refractivity contribution in [3.8, 4) is 11.6 Å². The van der Waals surface area contributed by atoms with Crippen LogP contribution >= 0.6 is 0 Å². The Hall–Kier alpha value is -2.37. The molecule has 6 nitrogen and oxygen atoms in total. The first-order valence-corrected chi connectivity index (χ1v) is 4.46. The molecule has 0 aliphatic carbocycles. The number of nitrogens with two attached hydrogens (primary N) is 1. The van der Waals surface area contributed by atoms with Gasteiger partial charge in [0.05, 0.1) is 11.0 Å². The number of aromatic amines is 2. The van der Waals surface area contributed by atoms with Gasteiger partial charge in [-0.25, -0.2) is 4.98 Å². The number of nitrogen functional groups attached to an aromatic ring is 1. The summed E-state index contributed by atoms with van der Waals surface area (Å²) in [6.45, 7) is 0. The third kappa shape index (κ3) is 1.23. The van der Waals surface area contributed by atoms with Gasteiger partial charge in [-0.15, -0.1) is 5.10 Å². The minimum Gasteiger partial charge on any atom is -0.366 e. The molecule has 1 aromatic carbocycles. The molecule has 3 rings (SSSR count). The van der Waals surface area contributed by atoms with E-state index in [4.69, 9.17) is 5.73 Å². The number of nitrogens with one attached hydrogen (secondary N) is 2. The van der Waals surface area contributed by atoms with Gasteiger partial charge in [0.25, 0.3) is 0 Å². The Labute approximate surface area is 84.6 Å². The average molecular weight is 200 g/mol. The molecule has 0 radical (unpaired) electrons. The fourth-order valence-electron chi connectivity index (χ4n) is 1.45. The minimum atomic E-state index is 0.213. The topological polar surface area (TPSA) is 96.3 Å². The number of anilines is 1. The number of aromatic nitrogens is 5. The average Bonchev–Trinajstić information content (AvgIpc) is 2.82. The zero-order chi connectivity index (χ0) is 10.3. The van der Waals surface area contributed by atoms with Crippen molar-refractivity contribution in [2.75, 3.05) is 5.73 Å². The monoisotopic (exact) mass is 200 g/mol. The van der Waals surface area contributed by atoms with Crippen LogP contribution in [0.5, 0.6) is 0 Å². The van der Waals surface area contributed by atoms with E-state index in [0.29, 0.717) is 11.6 Å². The van der Waals surface area contributed by atoms with Crippen LogP contribution in [0.1, 0.15) is 0 Å². The van der Waals surface area contributed by atoms with Crippen molar-refractivity contribution in [2.24, 2.45) is 0 Å². The highest BCUT2D eigenvalue weighted by Crippen LogP contribution is 2.16. The first-order chi connectivity index (χ1) is 7.33. The lowest BCUT2D eigenvalue weighted by Gasteiger charge is -1.84. The van der Waals surface area contributed by atoms with Crippen LogP contribution in [0.15, 0.2) is 24.3 Å². The second-order valence-corrected chi connectivity index (χ2v) is 3.14. The summed E-state index contributed by atoms with van der Waals surface area (Å²) in [5.74, 6) is 1.40. The molecular weight excluding hydrogens is 192 g/mol. The van der Waals surface area contributed by atoms with Gasteiger partial charge in [0, 0.05) is 0 Å². The molecular formula is C9H8N6. The molecule has 6 heteroatoms. The summed E-state index contributed by atoms with van der Waals surface area (Å²) in [6, 6.07) is 7.75. The highest BCUT2D eigenvalue weighted by Gasteiger charge is 2.08. The van der Waals surface area contributed by atoms with E-state index in [-0.39, 0.29) is 5.95 Å². The van der Waals surface area contributed by atoms with E-state index in [1.807, 2.05) is 24.3 Å². The van der Waals surface area contributed by atoms with E-state index in [1.54, 1.807) is 0 Å². The Morgan fingerprint density at radius 1 is 1.07 bits per heavy atom. The summed E-state index contributed by atoms with van der Waals surface area (Å²) in [5, 5.41) is 6.45. The number of nitrogens with zero attached hydrogens (tertiary/aromatic N) is 3. The molecule has 74 valence electrons. The molecule has 0 aliphatic rings. The lowest BCUT2D eigenvalue weighted by Crippen LogP contribution is -1.86. The number of para-hydroxylation sites is 2. The predicted molar refractivity (Wildman–Crippen MR) is 55.9 cm³/mol. The van der Waals surface area contributed by atoms with Crippen molar-refractivity contribution in [3.05, 3.63) is 24.3 Å². The molecule has 3 aromatic rings. The predicted octanol–water partition coefficient (Wildman–Crippen LogP) is 0.930. The minimum absolute atomic E-state index is 0.213. The fraction of sp³-hybridized carbons (Fsp3) is 0. The normalized spacial score (nSPS) is 10.9. The Balaban J connectivity index is 2.19. The van der Waals surface area contributed by atoms with Gasteiger partial charge in [-0.05, 0) is 12.1 Å². The van der Waals surface area contributed by atoms with E-state index < -0.39 is 0 Å². The molecule has 15 heavy (non-hydrogen) atoms. The molecule has 0 atom stereocenters. The quantitative estimate of drug-likeness (QED) is 0.544. The third-order valence-electron chi connectivity index (χ3n) is 2.12. The number of fused-ring (bicyclic) bond motifs is 1. The van der Waals surface area contributed by atoms with Gasteiger partial charge in [-0.3, -0.25) is 5.10 Å². The summed E-state index contributed by atoms with van der Waals surface area (Å²) < 4.78 is 0. The van der Waals surface area contributed by atoms with Gasteiger partial charge in [0.15, 0.2) is 11.6 Å². The van der Waals surface area contributed by atoms with Crippen molar-refractivity contribution >= 4 is 17.0 Å². The smallest absolute Gasteiger partial charge is 0.239 e. The van der Waals surface area contributed by atoms with E-state index in [0.717, 1.165) is 11.0 Å². The van der Waals surface area contributed by atoms with Crippen molar-refractivity contribution in [1.29, 1.82) is 0 Å². The number of H-pyrrole nitrogens is 2. The van der Waals surface area contributed by atoms with E-state index in [1.165, 1.54) is 0 Å². The van der Waals surface area contributed by atoms with Crippen LogP contribution in [0, 0.1) is 0 Å². The van der Waals surface area contributed by atoms with Gasteiger partial charge >= 0.3 is 0 Å².